The summed E-state index contributed by atoms with van der Waals surface area (Å²) in [7, 11) is 0. The molecule has 0 atom stereocenters. The molecule has 2 fully saturated rings. The Morgan fingerprint density at radius 1 is 1.35 bits per heavy atom. The molecule has 6 heteroatoms. The molecule has 0 saturated heterocycles. The van der Waals surface area contributed by atoms with E-state index in [0.717, 1.165) is 25.8 Å². The van der Waals surface area contributed by atoms with Crippen LogP contribution in [0.25, 0.3) is 0 Å². The highest BCUT2D eigenvalue weighted by molar-refractivity contribution is 7.09. The maximum absolute atomic E-state index is 12.0. The molecule has 1 aromatic heterocycles. The van der Waals surface area contributed by atoms with E-state index in [1.165, 1.54) is 17.7 Å². The maximum Gasteiger partial charge on any atom is 0.317 e. The van der Waals surface area contributed by atoms with Crippen molar-refractivity contribution in [1.82, 2.24) is 10.2 Å². The van der Waals surface area contributed by atoms with Gasteiger partial charge < -0.3 is 10.4 Å². The van der Waals surface area contributed by atoms with Crippen LogP contribution in [-0.2, 0) is 16.0 Å². The molecule has 2 aliphatic carbocycles. The van der Waals surface area contributed by atoms with Crippen LogP contribution in [0.5, 0.6) is 0 Å². The van der Waals surface area contributed by atoms with E-state index < -0.39 is 5.97 Å². The van der Waals surface area contributed by atoms with E-state index in [-0.39, 0.29) is 18.5 Å². The van der Waals surface area contributed by atoms with Crippen LogP contribution in [0, 0.1) is 5.92 Å². The Kier molecular flexibility index (Phi) is 5.33. The highest BCUT2D eigenvalue weighted by atomic mass is 32.1. The number of nitrogens with one attached hydrogen (secondary N) is 1. The van der Waals surface area contributed by atoms with Gasteiger partial charge in [0.2, 0.25) is 5.91 Å². The topological polar surface area (TPSA) is 69.6 Å². The number of carboxylic acid groups (broad SMARTS) is 1. The van der Waals surface area contributed by atoms with E-state index in [9.17, 15) is 9.59 Å². The first kappa shape index (κ1) is 16.5. The number of nitrogens with zero attached hydrogens (tertiary/aromatic N) is 1. The van der Waals surface area contributed by atoms with Gasteiger partial charge in [-0.05, 0) is 49.5 Å². The third kappa shape index (κ3) is 5.04. The SMILES string of the molecule is O=C(O)CN(CC1CC1)C1CC(NC(=O)CCc2cccs2)C1. The van der Waals surface area contributed by atoms with Crippen LogP contribution in [-0.4, -0.2) is 47.1 Å². The average molecular weight is 336 g/mol. The zero-order chi connectivity index (χ0) is 16.2. The van der Waals surface area contributed by atoms with Crippen LogP contribution >= 0.6 is 11.3 Å². The number of rotatable bonds is 9. The fraction of sp³-hybridized carbons (Fsp3) is 0.647. The predicted octanol–water partition coefficient (Wildman–Crippen LogP) is 2.12. The molecule has 0 radical (unpaired) electrons. The minimum absolute atomic E-state index is 0.105. The van der Waals surface area contributed by atoms with Gasteiger partial charge in [0.1, 0.15) is 0 Å². The number of hydrogen-bond acceptors (Lipinski definition) is 4. The van der Waals surface area contributed by atoms with Crippen molar-refractivity contribution >= 4 is 23.2 Å². The first-order chi connectivity index (χ1) is 11.1. The Morgan fingerprint density at radius 3 is 2.74 bits per heavy atom. The van der Waals surface area contributed by atoms with E-state index in [1.807, 2.05) is 11.4 Å². The van der Waals surface area contributed by atoms with Crippen LogP contribution in [0.4, 0.5) is 0 Å². The van der Waals surface area contributed by atoms with Gasteiger partial charge in [-0.1, -0.05) is 6.07 Å². The van der Waals surface area contributed by atoms with Gasteiger partial charge in [0.05, 0.1) is 6.54 Å². The Balaban J connectivity index is 1.37. The molecule has 2 aliphatic rings. The van der Waals surface area contributed by atoms with Crippen molar-refractivity contribution in [2.45, 2.75) is 50.6 Å². The highest BCUT2D eigenvalue weighted by Crippen LogP contribution is 2.33. The van der Waals surface area contributed by atoms with E-state index in [1.54, 1.807) is 11.3 Å². The van der Waals surface area contributed by atoms with Crippen molar-refractivity contribution in [3.8, 4) is 0 Å². The molecule has 1 amide bonds. The second-order valence-electron chi connectivity index (χ2n) is 6.74. The number of aliphatic carboxylic acids is 1. The lowest BCUT2D eigenvalue weighted by Crippen LogP contribution is -2.55. The standard InChI is InChI=1S/C17H24N2O3S/c20-16(6-5-15-2-1-7-23-15)18-13-8-14(9-13)19(11-17(21)22)10-12-3-4-12/h1-2,7,12-14H,3-6,8-11H2,(H,18,20)(H,21,22). The summed E-state index contributed by atoms with van der Waals surface area (Å²) in [4.78, 5) is 26.3. The van der Waals surface area contributed by atoms with Gasteiger partial charge >= 0.3 is 5.97 Å². The molecule has 2 saturated carbocycles. The number of carbonyl (C=O) groups is 2. The van der Waals surface area contributed by atoms with Crippen LogP contribution in [0.1, 0.15) is 37.0 Å². The third-order valence-corrected chi connectivity index (χ3v) is 5.64. The molecule has 1 aromatic rings. The van der Waals surface area contributed by atoms with Crippen LogP contribution in [0.15, 0.2) is 17.5 Å². The van der Waals surface area contributed by atoms with Crippen molar-refractivity contribution < 1.29 is 14.7 Å². The first-order valence-electron chi connectivity index (χ1n) is 8.37. The summed E-state index contributed by atoms with van der Waals surface area (Å²) >= 11 is 1.68. The molecule has 1 heterocycles. The van der Waals surface area contributed by atoms with E-state index in [0.29, 0.717) is 18.4 Å². The van der Waals surface area contributed by atoms with Crippen molar-refractivity contribution in [2.24, 2.45) is 5.92 Å². The quantitative estimate of drug-likeness (QED) is 0.725. The fourth-order valence-electron chi connectivity index (χ4n) is 3.14. The van der Waals surface area contributed by atoms with Gasteiger partial charge in [-0.3, -0.25) is 14.5 Å². The molecule has 0 aromatic carbocycles. The summed E-state index contributed by atoms with van der Waals surface area (Å²) in [5.74, 6) is 0.0386. The number of carboxylic acids is 1. The summed E-state index contributed by atoms with van der Waals surface area (Å²) in [6, 6.07) is 4.59. The van der Waals surface area contributed by atoms with Crippen LogP contribution in [0.2, 0.25) is 0 Å². The van der Waals surface area contributed by atoms with Gasteiger partial charge in [0, 0.05) is 29.9 Å². The smallest absolute Gasteiger partial charge is 0.317 e. The summed E-state index contributed by atoms with van der Waals surface area (Å²) in [6.45, 7) is 1.02. The van der Waals surface area contributed by atoms with Crippen LogP contribution < -0.4 is 5.32 Å². The largest absolute Gasteiger partial charge is 0.480 e. The maximum atomic E-state index is 12.0. The molecule has 5 nitrogen and oxygen atoms in total. The van der Waals surface area contributed by atoms with Gasteiger partial charge in [-0.25, -0.2) is 0 Å². The van der Waals surface area contributed by atoms with Crippen molar-refractivity contribution in [1.29, 1.82) is 0 Å². The Hall–Kier alpha value is -1.40. The minimum atomic E-state index is -0.755. The second kappa shape index (κ2) is 7.45. The summed E-state index contributed by atoms with van der Waals surface area (Å²) in [5.41, 5.74) is 0. The zero-order valence-corrected chi connectivity index (χ0v) is 14.1. The number of thiophene rings is 1. The highest BCUT2D eigenvalue weighted by Gasteiger charge is 2.37. The van der Waals surface area contributed by atoms with Crippen molar-refractivity contribution in [3.05, 3.63) is 22.4 Å². The molecule has 0 spiro atoms. The summed E-state index contributed by atoms with van der Waals surface area (Å²) in [6.07, 6.45) is 5.54. The Bertz CT molecular complexity index is 536. The monoisotopic (exact) mass is 336 g/mol. The predicted molar refractivity (Wildman–Crippen MR) is 89.5 cm³/mol. The molecule has 2 N–H and O–H groups in total. The lowest BCUT2D eigenvalue weighted by atomic mass is 9.85. The fourth-order valence-corrected chi connectivity index (χ4v) is 3.85. The normalized spacial score (nSPS) is 23.5. The van der Waals surface area contributed by atoms with Crippen LogP contribution in [0.3, 0.4) is 0 Å². The van der Waals surface area contributed by atoms with E-state index in [4.69, 9.17) is 5.11 Å². The summed E-state index contributed by atoms with van der Waals surface area (Å²) in [5, 5.41) is 14.2. The lowest BCUT2D eigenvalue weighted by molar-refractivity contribution is -0.140. The van der Waals surface area contributed by atoms with E-state index in [2.05, 4.69) is 16.3 Å². The molecule has 0 unspecified atom stereocenters. The molecule has 126 valence electrons. The molecule has 0 aliphatic heterocycles. The summed E-state index contributed by atoms with van der Waals surface area (Å²) < 4.78 is 0. The Morgan fingerprint density at radius 2 is 2.13 bits per heavy atom. The number of amides is 1. The number of carbonyl (C=O) groups excluding carboxylic acids is 1. The third-order valence-electron chi connectivity index (χ3n) is 4.70. The second-order valence-corrected chi connectivity index (χ2v) is 7.77. The first-order valence-corrected chi connectivity index (χ1v) is 9.25. The molecule has 23 heavy (non-hydrogen) atoms. The Labute approximate surface area is 140 Å². The van der Waals surface area contributed by atoms with Gasteiger partial charge in [0.25, 0.3) is 0 Å². The average Bonchev–Trinajstić information content (AvgIpc) is 3.11. The van der Waals surface area contributed by atoms with Crippen molar-refractivity contribution in [3.63, 3.8) is 0 Å². The molecule has 0 bridgehead atoms. The minimum Gasteiger partial charge on any atom is -0.480 e. The number of hydrogen-bond donors (Lipinski definition) is 2. The molecular weight excluding hydrogens is 312 g/mol. The van der Waals surface area contributed by atoms with Crippen molar-refractivity contribution in [2.75, 3.05) is 13.1 Å². The van der Waals surface area contributed by atoms with E-state index >= 15 is 0 Å². The lowest BCUT2D eigenvalue weighted by Gasteiger charge is -2.42. The zero-order valence-electron chi connectivity index (χ0n) is 13.2. The van der Waals surface area contributed by atoms with Gasteiger partial charge in [-0.15, -0.1) is 11.3 Å². The number of aryl methyl sites for hydroxylation is 1. The molecule has 3 rings (SSSR count). The van der Waals surface area contributed by atoms with Gasteiger partial charge in [-0.2, -0.15) is 0 Å². The molecular formula is C17H24N2O3S. The van der Waals surface area contributed by atoms with Gasteiger partial charge in [0.15, 0.2) is 0 Å².